The second-order valence-electron chi connectivity index (χ2n) is 4.91. The smallest absolute Gasteiger partial charge is 0.338 e. The summed E-state index contributed by atoms with van der Waals surface area (Å²) in [5.74, 6) is -0.296. The lowest BCUT2D eigenvalue weighted by atomic mass is 9.93. The van der Waals surface area contributed by atoms with Crippen LogP contribution in [-0.4, -0.2) is 22.7 Å². The van der Waals surface area contributed by atoms with Crippen molar-refractivity contribution in [2.45, 2.75) is 32.3 Å². The van der Waals surface area contributed by atoms with Gasteiger partial charge in [0.2, 0.25) is 0 Å². The monoisotopic (exact) mass is 259 g/mol. The van der Waals surface area contributed by atoms with Crippen LogP contribution in [0, 0.1) is 0 Å². The number of H-pyrrole nitrogens is 1. The van der Waals surface area contributed by atoms with Crippen LogP contribution in [0.4, 0.5) is 0 Å². The Hall–Kier alpha value is -1.81. The van der Waals surface area contributed by atoms with Gasteiger partial charge >= 0.3 is 5.97 Å². The van der Waals surface area contributed by atoms with E-state index >= 15 is 0 Å². The van der Waals surface area contributed by atoms with Gasteiger partial charge in [0.1, 0.15) is 0 Å². The number of esters is 1. The van der Waals surface area contributed by atoms with Crippen molar-refractivity contribution >= 4 is 16.9 Å². The number of aliphatic hydroxyl groups is 1. The summed E-state index contributed by atoms with van der Waals surface area (Å²) in [5.41, 5.74) is 3.58. The number of hydrogen-bond acceptors (Lipinski definition) is 3. The van der Waals surface area contributed by atoms with Gasteiger partial charge in [-0.1, -0.05) is 0 Å². The SMILES string of the molecule is CCOC(=O)c1ccc2[nH]c3c(c2c1)CCC[C@@H]3O. The molecule has 0 radical (unpaired) electrons. The summed E-state index contributed by atoms with van der Waals surface area (Å²) >= 11 is 0. The third-order valence-corrected chi connectivity index (χ3v) is 3.69. The predicted octanol–water partition coefficient (Wildman–Crippen LogP) is 2.71. The molecule has 19 heavy (non-hydrogen) atoms. The molecule has 1 aliphatic rings. The molecule has 0 unspecified atom stereocenters. The molecule has 1 heterocycles. The maximum absolute atomic E-state index is 11.8. The maximum Gasteiger partial charge on any atom is 0.338 e. The van der Waals surface area contributed by atoms with E-state index in [1.807, 2.05) is 12.1 Å². The zero-order valence-corrected chi connectivity index (χ0v) is 10.9. The maximum atomic E-state index is 11.8. The van der Waals surface area contributed by atoms with Crippen LogP contribution in [0.1, 0.15) is 47.5 Å². The summed E-state index contributed by atoms with van der Waals surface area (Å²) in [7, 11) is 0. The van der Waals surface area contributed by atoms with Gasteiger partial charge < -0.3 is 14.8 Å². The Labute approximate surface area is 111 Å². The number of aryl methyl sites for hydroxylation is 1. The van der Waals surface area contributed by atoms with Crippen LogP contribution in [0.3, 0.4) is 0 Å². The molecule has 4 heteroatoms. The molecule has 0 saturated carbocycles. The Morgan fingerprint density at radius 3 is 3.16 bits per heavy atom. The molecule has 1 aromatic carbocycles. The fourth-order valence-corrected chi connectivity index (χ4v) is 2.78. The average Bonchev–Trinajstić information content (AvgIpc) is 2.78. The fraction of sp³-hybridized carbons (Fsp3) is 0.400. The molecular formula is C15H17NO3. The number of rotatable bonds is 2. The van der Waals surface area contributed by atoms with Crippen molar-refractivity contribution < 1.29 is 14.6 Å². The van der Waals surface area contributed by atoms with Crippen LogP contribution in [0.2, 0.25) is 0 Å². The van der Waals surface area contributed by atoms with E-state index in [1.54, 1.807) is 13.0 Å². The molecule has 1 atom stereocenters. The second-order valence-corrected chi connectivity index (χ2v) is 4.91. The van der Waals surface area contributed by atoms with Crippen molar-refractivity contribution in [2.75, 3.05) is 6.61 Å². The van der Waals surface area contributed by atoms with Gasteiger partial charge in [-0.05, 0) is 49.9 Å². The van der Waals surface area contributed by atoms with Gasteiger partial charge in [-0.25, -0.2) is 4.79 Å². The molecule has 0 saturated heterocycles. The number of carbonyl (C=O) groups is 1. The highest BCUT2D eigenvalue weighted by Gasteiger charge is 2.23. The predicted molar refractivity (Wildman–Crippen MR) is 72.2 cm³/mol. The lowest BCUT2D eigenvalue weighted by Gasteiger charge is -2.17. The molecule has 1 aromatic heterocycles. The molecule has 2 N–H and O–H groups in total. The summed E-state index contributed by atoms with van der Waals surface area (Å²) in [6, 6.07) is 5.50. The second kappa shape index (κ2) is 4.70. The van der Waals surface area contributed by atoms with Crippen LogP contribution in [0.25, 0.3) is 10.9 Å². The van der Waals surface area contributed by atoms with Crippen molar-refractivity contribution in [3.05, 3.63) is 35.0 Å². The Balaban J connectivity index is 2.10. The Bertz CT molecular complexity index is 630. The van der Waals surface area contributed by atoms with E-state index in [-0.39, 0.29) is 5.97 Å². The lowest BCUT2D eigenvalue weighted by molar-refractivity contribution is 0.0526. The summed E-state index contributed by atoms with van der Waals surface area (Å²) in [5, 5.41) is 11.0. The van der Waals surface area contributed by atoms with E-state index in [0.717, 1.165) is 41.4 Å². The zero-order valence-electron chi connectivity index (χ0n) is 10.9. The Morgan fingerprint density at radius 2 is 2.37 bits per heavy atom. The van der Waals surface area contributed by atoms with Gasteiger partial charge in [0, 0.05) is 16.6 Å². The minimum Gasteiger partial charge on any atom is -0.462 e. The molecular weight excluding hydrogens is 242 g/mol. The first-order chi connectivity index (χ1) is 9.20. The largest absolute Gasteiger partial charge is 0.462 e. The molecule has 0 fully saturated rings. The number of nitrogens with one attached hydrogen (secondary N) is 1. The first-order valence-corrected chi connectivity index (χ1v) is 6.70. The van der Waals surface area contributed by atoms with Crippen molar-refractivity contribution in [1.29, 1.82) is 0 Å². The van der Waals surface area contributed by atoms with Crippen LogP contribution in [0.5, 0.6) is 0 Å². The van der Waals surface area contributed by atoms with Crippen molar-refractivity contribution in [2.24, 2.45) is 0 Å². The number of fused-ring (bicyclic) bond motifs is 3. The number of carbonyl (C=O) groups excluding carboxylic acids is 1. The van der Waals surface area contributed by atoms with Gasteiger partial charge in [0.25, 0.3) is 0 Å². The van der Waals surface area contributed by atoms with Crippen molar-refractivity contribution in [3.8, 4) is 0 Å². The standard InChI is InChI=1S/C15H17NO3/c1-2-19-15(18)9-6-7-12-11(8-9)10-4-3-5-13(17)14(10)16-12/h6-8,13,16-17H,2-5H2,1H3/t13-/m0/s1. The number of benzene rings is 1. The van der Waals surface area contributed by atoms with Crippen LogP contribution >= 0.6 is 0 Å². The van der Waals surface area contributed by atoms with Gasteiger partial charge in [-0.2, -0.15) is 0 Å². The first-order valence-electron chi connectivity index (χ1n) is 6.70. The highest BCUT2D eigenvalue weighted by atomic mass is 16.5. The topological polar surface area (TPSA) is 62.3 Å². The van der Waals surface area contributed by atoms with Crippen LogP contribution in [0.15, 0.2) is 18.2 Å². The third kappa shape index (κ3) is 2.02. The molecule has 100 valence electrons. The van der Waals surface area contributed by atoms with Crippen molar-refractivity contribution in [1.82, 2.24) is 4.98 Å². The molecule has 3 rings (SSSR count). The minimum absolute atomic E-state index is 0.296. The number of aliphatic hydroxyl groups excluding tert-OH is 1. The molecule has 4 nitrogen and oxygen atoms in total. The fourth-order valence-electron chi connectivity index (χ4n) is 2.78. The van der Waals surface area contributed by atoms with Crippen molar-refractivity contribution in [3.63, 3.8) is 0 Å². The first kappa shape index (κ1) is 12.2. The van der Waals surface area contributed by atoms with E-state index in [9.17, 15) is 9.90 Å². The lowest BCUT2D eigenvalue weighted by Crippen LogP contribution is -2.08. The number of ether oxygens (including phenoxy) is 1. The van der Waals surface area contributed by atoms with Crippen LogP contribution in [-0.2, 0) is 11.2 Å². The number of hydrogen-bond donors (Lipinski definition) is 2. The van der Waals surface area contributed by atoms with E-state index in [1.165, 1.54) is 0 Å². The van der Waals surface area contributed by atoms with Crippen LogP contribution < -0.4 is 0 Å². The summed E-state index contributed by atoms with van der Waals surface area (Å²) in [6.07, 6.45) is 2.30. The van der Waals surface area contributed by atoms with E-state index in [0.29, 0.717) is 12.2 Å². The van der Waals surface area contributed by atoms with E-state index in [4.69, 9.17) is 4.74 Å². The van der Waals surface area contributed by atoms with E-state index < -0.39 is 6.10 Å². The Morgan fingerprint density at radius 1 is 1.53 bits per heavy atom. The highest BCUT2D eigenvalue weighted by molar-refractivity contribution is 5.96. The highest BCUT2D eigenvalue weighted by Crippen LogP contribution is 2.34. The molecule has 1 aliphatic carbocycles. The van der Waals surface area contributed by atoms with Gasteiger partial charge in [-0.3, -0.25) is 0 Å². The van der Waals surface area contributed by atoms with E-state index in [2.05, 4.69) is 4.98 Å². The van der Waals surface area contributed by atoms with Gasteiger partial charge in [0.15, 0.2) is 0 Å². The summed E-state index contributed by atoms with van der Waals surface area (Å²) in [4.78, 5) is 15.0. The molecule has 0 aliphatic heterocycles. The normalized spacial score (nSPS) is 18.3. The van der Waals surface area contributed by atoms with Gasteiger partial charge in [-0.15, -0.1) is 0 Å². The van der Waals surface area contributed by atoms with Gasteiger partial charge in [0.05, 0.1) is 18.3 Å². The molecule has 0 bridgehead atoms. The third-order valence-electron chi connectivity index (χ3n) is 3.69. The quantitative estimate of drug-likeness (QED) is 0.815. The number of aromatic nitrogens is 1. The molecule has 0 amide bonds. The average molecular weight is 259 g/mol. The number of aromatic amines is 1. The summed E-state index contributed by atoms with van der Waals surface area (Å²) < 4.78 is 5.02. The summed E-state index contributed by atoms with van der Waals surface area (Å²) in [6.45, 7) is 2.17. The molecule has 0 spiro atoms. The Kier molecular flexibility index (Phi) is 3.03. The molecule has 2 aromatic rings. The minimum atomic E-state index is -0.415. The zero-order chi connectivity index (χ0) is 13.4.